The van der Waals surface area contributed by atoms with Crippen molar-refractivity contribution in [1.29, 1.82) is 0 Å². The van der Waals surface area contributed by atoms with Crippen LogP contribution in [0.25, 0.3) is 0 Å². The Hall–Kier alpha value is -1.45. The number of rotatable bonds is 15. The van der Waals surface area contributed by atoms with Gasteiger partial charge in [-0.1, -0.05) is 52.9 Å². The number of carboxylic acid groups (broad SMARTS) is 1. The third kappa shape index (κ3) is 11.0. The number of carbonyl (C=O) groups is 2. The van der Waals surface area contributed by atoms with Gasteiger partial charge < -0.3 is 61.4 Å². The fourth-order valence-electron chi connectivity index (χ4n) is 5.10. The van der Waals surface area contributed by atoms with Crippen LogP contribution in [0.4, 0.5) is 17.6 Å². The van der Waals surface area contributed by atoms with Gasteiger partial charge in [0.2, 0.25) is 0 Å². The van der Waals surface area contributed by atoms with E-state index >= 15 is 4.39 Å². The van der Waals surface area contributed by atoms with Crippen molar-refractivity contribution in [3.05, 3.63) is 0 Å². The van der Waals surface area contributed by atoms with Gasteiger partial charge in [0.25, 0.3) is 0 Å². The first-order valence-corrected chi connectivity index (χ1v) is 15.2. The monoisotopic (exact) mass is 718 g/mol. The van der Waals surface area contributed by atoms with E-state index < -0.39 is 110 Å². The van der Waals surface area contributed by atoms with E-state index in [9.17, 15) is 43.2 Å². The predicted molar refractivity (Wildman–Crippen MR) is 159 cm³/mol. The van der Waals surface area contributed by atoms with Crippen LogP contribution in [0.15, 0.2) is 0 Å². The van der Waals surface area contributed by atoms with Crippen molar-refractivity contribution in [2.75, 3.05) is 19.8 Å². The highest BCUT2D eigenvalue weighted by Gasteiger charge is 2.62. The van der Waals surface area contributed by atoms with Crippen LogP contribution in [-0.4, -0.2) is 140 Å². The Morgan fingerprint density at radius 2 is 1.17 bits per heavy atom. The molecule has 2 fully saturated rings. The average molecular weight is 719 g/mol. The van der Waals surface area contributed by atoms with Crippen LogP contribution in [0.3, 0.4) is 0 Å². The number of carbonyl (C=O) groups excluding carboxylic acids is 1. The van der Waals surface area contributed by atoms with Gasteiger partial charge in [-0.2, -0.15) is 8.78 Å². The molecule has 0 amide bonds. The highest BCUT2D eigenvalue weighted by atomic mass is 35.5. The first-order chi connectivity index (χ1) is 21.4. The number of nitrogens with two attached hydrogens (primary N) is 2. The second kappa shape index (κ2) is 20.3. The first kappa shape index (κ1) is 45.6. The van der Waals surface area contributed by atoms with E-state index in [4.69, 9.17) is 36.3 Å². The van der Waals surface area contributed by atoms with Gasteiger partial charge in [-0.05, 0) is 6.42 Å². The summed E-state index contributed by atoms with van der Waals surface area (Å²) in [7, 11) is 0. The fraction of sp³-hybridized carbons (Fsp3) is 0.929. The third-order valence-corrected chi connectivity index (χ3v) is 8.39. The topological polar surface area (TPSA) is 255 Å². The zero-order valence-electron chi connectivity index (χ0n) is 26.5. The smallest absolute Gasteiger partial charge is 0.375 e. The number of hydrogen-bond donors (Lipinski definition) is 9. The van der Waals surface area contributed by atoms with Gasteiger partial charge in [0.05, 0.1) is 32.0 Å². The van der Waals surface area contributed by atoms with Crippen LogP contribution in [-0.2, 0) is 23.8 Å². The number of aliphatic hydroxyl groups excluding tert-OH is 6. The number of aliphatic hydroxyl groups is 6. The van der Waals surface area contributed by atoms with E-state index in [0.717, 1.165) is 32.1 Å². The van der Waals surface area contributed by atoms with Crippen molar-refractivity contribution in [2.24, 2.45) is 23.3 Å². The fourth-order valence-corrected chi connectivity index (χ4v) is 5.10. The largest absolute Gasteiger partial charge is 0.477 e. The molecule has 2 heterocycles. The molecule has 2 aliphatic heterocycles. The van der Waals surface area contributed by atoms with E-state index in [2.05, 4.69) is 11.7 Å². The Kier molecular flexibility index (Phi) is 19.7. The maximum atomic E-state index is 15.0. The van der Waals surface area contributed by atoms with Crippen molar-refractivity contribution in [1.82, 2.24) is 0 Å². The van der Waals surface area contributed by atoms with Gasteiger partial charge >= 0.3 is 23.6 Å². The summed E-state index contributed by atoms with van der Waals surface area (Å²) in [6, 6.07) is -3.00. The minimum Gasteiger partial charge on any atom is -0.477 e. The number of halogens is 5. The molecular weight excluding hydrogens is 668 g/mol. The molecule has 0 aromatic heterocycles. The van der Waals surface area contributed by atoms with E-state index in [1.54, 1.807) is 0 Å². The minimum atomic E-state index is -3.70. The quantitative estimate of drug-likeness (QED) is 0.0591. The van der Waals surface area contributed by atoms with E-state index in [0.29, 0.717) is 6.42 Å². The number of esters is 1. The Balaban J connectivity index is 0.000000933. The lowest BCUT2D eigenvalue weighted by Crippen LogP contribution is -2.67. The lowest BCUT2D eigenvalue weighted by Gasteiger charge is -2.45. The molecule has 14 atom stereocenters. The Labute approximate surface area is 276 Å². The SMILES string of the molecule is CC1C(N)C(F)C(F)(C(=O)O)OC1[C@H](O)[C@H](O)CO.CCCCCCCCOC(=O)C1(F)OC([C@H](O)[C@H](O)CO)C(C)C(N)C1F.Cl. The van der Waals surface area contributed by atoms with E-state index in [-0.39, 0.29) is 19.0 Å². The van der Waals surface area contributed by atoms with Crippen LogP contribution in [0.2, 0.25) is 0 Å². The molecule has 19 heteroatoms. The maximum Gasteiger partial charge on any atom is 0.375 e. The van der Waals surface area contributed by atoms with Crippen LogP contribution in [0.1, 0.15) is 59.3 Å². The molecule has 0 aromatic carbocycles. The Bertz CT molecular complexity index is 946. The van der Waals surface area contributed by atoms with Crippen LogP contribution >= 0.6 is 12.4 Å². The molecule has 0 saturated carbocycles. The zero-order chi connectivity index (χ0) is 35.6. The number of hydrogen-bond acceptors (Lipinski definition) is 13. The number of unbranched alkanes of at least 4 members (excludes halogenated alkanes) is 5. The lowest BCUT2D eigenvalue weighted by atomic mass is 9.82. The highest BCUT2D eigenvalue weighted by molar-refractivity contribution is 5.85. The summed E-state index contributed by atoms with van der Waals surface area (Å²) < 4.78 is 71.3. The standard InChI is InChI=1S/C18H33F2NO6.C10H17F2NO6.ClH/c1-3-4-5-6-7-8-9-26-17(25)18(20)16(19)13(21)11(2)15(27-18)14(24)12(23)10-22;1-3-5(13)8(11)10(12,9(17)18)19-7(3)6(16)4(15)2-14;/h11-16,22-24H,3-10,21H2,1-2H3;3-8,14-16H,2,13H2,1H3,(H,17,18);1H/t11?,12-,13?,14-,15?,16?,18?;3?,4-,5?,6-,7?,8?,10?;/m11./s1. The molecule has 0 aliphatic carbocycles. The molecule has 2 aliphatic rings. The Morgan fingerprint density at radius 1 is 0.787 bits per heavy atom. The summed E-state index contributed by atoms with van der Waals surface area (Å²) in [6.07, 6.45) is -9.48. The van der Waals surface area contributed by atoms with Crippen molar-refractivity contribution in [3.63, 3.8) is 0 Å². The molecule has 0 radical (unpaired) electrons. The van der Waals surface area contributed by atoms with Gasteiger partial charge in [-0.3, -0.25) is 0 Å². The lowest BCUT2D eigenvalue weighted by molar-refractivity contribution is -0.285. The maximum absolute atomic E-state index is 15.0. The van der Waals surface area contributed by atoms with Gasteiger partial charge in [0, 0.05) is 23.9 Å². The molecule has 10 unspecified atom stereocenters. The van der Waals surface area contributed by atoms with Gasteiger partial charge in [0.15, 0.2) is 12.3 Å². The van der Waals surface area contributed by atoms with Crippen LogP contribution < -0.4 is 11.5 Å². The summed E-state index contributed by atoms with van der Waals surface area (Å²) in [5, 5.41) is 64.8. The average Bonchev–Trinajstić information content (AvgIpc) is 3.04. The molecule has 280 valence electrons. The summed E-state index contributed by atoms with van der Waals surface area (Å²) in [5.74, 6) is -12.8. The van der Waals surface area contributed by atoms with Gasteiger partial charge in [-0.25, -0.2) is 18.4 Å². The number of carboxylic acids is 1. The molecular formula is C28H51ClF4N2O12. The minimum absolute atomic E-state index is 0. The number of ether oxygens (including phenoxy) is 3. The molecule has 47 heavy (non-hydrogen) atoms. The van der Waals surface area contributed by atoms with Crippen molar-refractivity contribution < 1.29 is 77.1 Å². The normalized spacial score (nSPS) is 36.5. The first-order valence-electron chi connectivity index (χ1n) is 15.2. The second-order valence-corrected chi connectivity index (χ2v) is 11.8. The van der Waals surface area contributed by atoms with E-state index in [1.807, 2.05) is 0 Å². The third-order valence-electron chi connectivity index (χ3n) is 8.39. The molecule has 2 rings (SSSR count). The Morgan fingerprint density at radius 3 is 1.57 bits per heavy atom. The van der Waals surface area contributed by atoms with Gasteiger partial charge in [-0.15, -0.1) is 12.4 Å². The van der Waals surface area contributed by atoms with Crippen molar-refractivity contribution in [2.45, 2.75) is 132 Å². The summed E-state index contributed by atoms with van der Waals surface area (Å²) in [5.41, 5.74) is 11.1. The van der Waals surface area contributed by atoms with Gasteiger partial charge in [0.1, 0.15) is 24.4 Å². The zero-order valence-corrected chi connectivity index (χ0v) is 27.4. The predicted octanol–water partition coefficient (Wildman–Crippen LogP) is -0.457. The molecule has 14 nitrogen and oxygen atoms in total. The van der Waals surface area contributed by atoms with Crippen LogP contribution in [0.5, 0.6) is 0 Å². The number of aliphatic carboxylic acids is 1. The highest BCUT2D eigenvalue weighted by Crippen LogP contribution is 2.39. The molecule has 11 N–H and O–H groups in total. The van der Waals surface area contributed by atoms with E-state index in [1.165, 1.54) is 13.8 Å². The summed E-state index contributed by atoms with van der Waals surface area (Å²) >= 11 is 0. The summed E-state index contributed by atoms with van der Waals surface area (Å²) in [6.45, 7) is 3.06. The van der Waals surface area contributed by atoms with Crippen LogP contribution in [0, 0.1) is 11.8 Å². The molecule has 0 bridgehead atoms. The molecule has 0 spiro atoms. The number of alkyl halides is 4. The molecule has 0 aromatic rings. The van der Waals surface area contributed by atoms with Crippen molar-refractivity contribution in [3.8, 4) is 0 Å². The van der Waals surface area contributed by atoms with Crippen molar-refractivity contribution >= 4 is 24.3 Å². The second-order valence-electron chi connectivity index (χ2n) is 11.8. The molecule has 2 saturated heterocycles. The summed E-state index contributed by atoms with van der Waals surface area (Å²) in [4.78, 5) is 22.9.